The highest BCUT2D eigenvalue weighted by atomic mass is 35.5. The summed E-state index contributed by atoms with van der Waals surface area (Å²) in [5.74, 6) is 1.26. The Morgan fingerprint density at radius 1 is 1.20 bits per heavy atom. The van der Waals surface area contributed by atoms with Gasteiger partial charge in [-0.1, -0.05) is 48.0 Å². The minimum absolute atomic E-state index is 0.00820. The second-order valence-electron chi connectivity index (χ2n) is 5.05. The van der Waals surface area contributed by atoms with Crippen LogP contribution < -0.4 is 10.1 Å². The summed E-state index contributed by atoms with van der Waals surface area (Å²) in [7, 11) is 0. The van der Waals surface area contributed by atoms with Crippen LogP contribution in [0.3, 0.4) is 0 Å². The molecule has 0 aromatic heterocycles. The molecule has 20 heavy (non-hydrogen) atoms. The Labute approximate surface area is 124 Å². The maximum absolute atomic E-state index is 6.14. The lowest BCUT2D eigenvalue weighted by Crippen LogP contribution is -2.41. The van der Waals surface area contributed by atoms with Gasteiger partial charge in [0, 0.05) is 6.42 Å². The summed E-state index contributed by atoms with van der Waals surface area (Å²) in [5.41, 5.74) is 1.33. The quantitative estimate of drug-likeness (QED) is 0.920. The number of hydrogen-bond donors (Lipinski definition) is 1. The molecule has 2 aromatic carbocycles. The Morgan fingerprint density at radius 3 is 2.90 bits per heavy atom. The molecule has 103 valence electrons. The molecule has 0 aliphatic carbocycles. The first kappa shape index (κ1) is 13.5. The highest BCUT2D eigenvalue weighted by molar-refractivity contribution is 6.32. The highest BCUT2D eigenvalue weighted by Gasteiger charge is 2.24. The lowest BCUT2D eigenvalue weighted by Gasteiger charge is -2.31. The third-order valence-corrected chi connectivity index (χ3v) is 3.98. The molecule has 1 fully saturated rings. The molecule has 3 rings (SSSR count). The smallest absolute Gasteiger partial charge is 0.150 e. The molecule has 0 bridgehead atoms. The van der Waals surface area contributed by atoms with Crippen molar-refractivity contribution in [1.29, 1.82) is 0 Å². The average molecular weight is 287 g/mol. The van der Waals surface area contributed by atoms with Crippen LogP contribution in [0.15, 0.2) is 48.5 Å². The van der Waals surface area contributed by atoms with Crippen LogP contribution in [0.5, 0.6) is 5.75 Å². The number of nitrogens with one attached hydrogen (secondary N) is 1. The molecule has 1 aliphatic heterocycles. The van der Waals surface area contributed by atoms with E-state index >= 15 is 0 Å². The average Bonchev–Trinajstić information content (AvgIpc) is 2.51. The van der Waals surface area contributed by atoms with Crippen molar-refractivity contribution in [2.45, 2.75) is 25.0 Å². The van der Waals surface area contributed by atoms with Crippen LogP contribution in [0.2, 0.25) is 5.02 Å². The molecule has 0 saturated carbocycles. The predicted octanol–water partition coefficient (Wildman–Crippen LogP) is 4.01. The van der Waals surface area contributed by atoms with E-state index in [1.54, 1.807) is 0 Å². The summed E-state index contributed by atoms with van der Waals surface area (Å²) in [6.45, 7) is 0.953. The van der Waals surface area contributed by atoms with E-state index in [2.05, 4.69) is 23.5 Å². The summed E-state index contributed by atoms with van der Waals surface area (Å²) < 4.78 is 5.98. The largest absolute Gasteiger partial charge is 0.474 e. The molecule has 1 aliphatic rings. The first-order chi connectivity index (χ1) is 9.83. The van der Waals surface area contributed by atoms with Crippen molar-refractivity contribution >= 4 is 11.6 Å². The molecular formula is C17H17ClNO. The Hall–Kier alpha value is -1.51. The number of ether oxygens (including phenoxy) is 1. The third-order valence-electron chi connectivity index (χ3n) is 3.67. The molecule has 2 nitrogen and oxygen atoms in total. The number of halogens is 1. The Kier molecular flexibility index (Phi) is 4.24. The van der Waals surface area contributed by atoms with Crippen LogP contribution in [-0.2, 0) is 0 Å². The van der Waals surface area contributed by atoms with Gasteiger partial charge in [-0.15, -0.1) is 0 Å². The highest BCUT2D eigenvalue weighted by Crippen LogP contribution is 2.30. The van der Waals surface area contributed by atoms with E-state index in [1.165, 1.54) is 5.56 Å². The molecule has 0 amide bonds. The fourth-order valence-electron chi connectivity index (χ4n) is 2.63. The zero-order valence-electron chi connectivity index (χ0n) is 11.2. The fourth-order valence-corrected chi connectivity index (χ4v) is 2.81. The summed E-state index contributed by atoms with van der Waals surface area (Å²) in [5, 5.41) is 4.06. The Bertz CT molecular complexity index is 558. The summed E-state index contributed by atoms with van der Waals surface area (Å²) in [6, 6.07) is 19.0. The van der Waals surface area contributed by atoms with Crippen LogP contribution in [0.1, 0.15) is 24.3 Å². The fraction of sp³-hybridized carbons (Fsp3) is 0.294. The van der Waals surface area contributed by atoms with Crippen LogP contribution in [0, 0.1) is 6.07 Å². The molecular weight excluding hydrogens is 270 g/mol. The third kappa shape index (κ3) is 3.14. The van der Waals surface area contributed by atoms with Gasteiger partial charge in [0.05, 0.1) is 5.02 Å². The number of para-hydroxylation sites is 1. The van der Waals surface area contributed by atoms with Crippen LogP contribution in [-0.4, -0.2) is 12.8 Å². The lowest BCUT2D eigenvalue weighted by atomic mass is 9.89. The first-order valence-electron chi connectivity index (χ1n) is 6.93. The molecule has 3 heteroatoms. The maximum Gasteiger partial charge on any atom is 0.150 e. The van der Waals surface area contributed by atoms with Gasteiger partial charge in [0.15, 0.2) is 6.23 Å². The van der Waals surface area contributed by atoms with E-state index in [0.29, 0.717) is 10.9 Å². The van der Waals surface area contributed by atoms with E-state index in [-0.39, 0.29) is 6.23 Å². The van der Waals surface area contributed by atoms with E-state index < -0.39 is 0 Å². The summed E-state index contributed by atoms with van der Waals surface area (Å²) >= 11 is 6.14. The summed E-state index contributed by atoms with van der Waals surface area (Å²) in [4.78, 5) is 0. The number of hydrogen-bond acceptors (Lipinski definition) is 2. The van der Waals surface area contributed by atoms with Gasteiger partial charge in [-0.2, -0.15) is 0 Å². The van der Waals surface area contributed by atoms with Gasteiger partial charge in [-0.05, 0) is 42.6 Å². The molecule has 1 saturated heterocycles. The molecule has 2 aromatic rings. The topological polar surface area (TPSA) is 21.3 Å². The maximum atomic E-state index is 6.14. The first-order valence-corrected chi connectivity index (χ1v) is 7.31. The van der Waals surface area contributed by atoms with E-state index in [0.717, 1.165) is 25.1 Å². The zero-order chi connectivity index (χ0) is 13.8. The monoisotopic (exact) mass is 286 g/mol. The molecule has 1 N–H and O–H groups in total. The van der Waals surface area contributed by atoms with Crippen LogP contribution >= 0.6 is 11.6 Å². The van der Waals surface area contributed by atoms with E-state index in [1.807, 2.05) is 36.4 Å². The SMILES string of the molecule is Clc1ccccc1OC1CC(c2c[c]ccc2)CCN1. The standard InChI is InChI=1S/C17H17ClNO/c18-15-8-4-5-9-16(15)20-17-12-14(10-11-19-17)13-6-2-1-3-7-13/h1-2,4-9,14,17,19H,10-12H2. The van der Waals surface area contributed by atoms with Crippen molar-refractivity contribution in [3.63, 3.8) is 0 Å². The van der Waals surface area contributed by atoms with Crippen molar-refractivity contribution in [2.24, 2.45) is 0 Å². The van der Waals surface area contributed by atoms with E-state index in [9.17, 15) is 0 Å². The number of rotatable bonds is 3. The van der Waals surface area contributed by atoms with Gasteiger partial charge in [-0.25, -0.2) is 0 Å². The van der Waals surface area contributed by atoms with Crippen molar-refractivity contribution in [2.75, 3.05) is 6.54 Å². The van der Waals surface area contributed by atoms with Crippen molar-refractivity contribution < 1.29 is 4.74 Å². The van der Waals surface area contributed by atoms with Gasteiger partial charge in [0.25, 0.3) is 0 Å². The normalized spacial score (nSPS) is 22.4. The van der Waals surface area contributed by atoms with Crippen LogP contribution in [0.4, 0.5) is 0 Å². The second kappa shape index (κ2) is 6.29. The summed E-state index contributed by atoms with van der Waals surface area (Å²) in [6.07, 6.45) is 2.08. The Balaban J connectivity index is 1.68. The minimum Gasteiger partial charge on any atom is -0.474 e. The number of piperidine rings is 1. The van der Waals surface area contributed by atoms with Crippen molar-refractivity contribution in [1.82, 2.24) is 5.32 Å². The molecule has 1 heterocycles. The predicted molar refractivity (Wildman–Crippen MR) is 81.1 cm³/mol. The van der Waals surface area contributed by atoms with Gasteiger partial charge in [0.1, 0.15) is 5.75 Å². The van der Waals surface area contributed by atoms with Gasteiger partial charge in [0.2, 0.25) is 0 Å². The molecule has 2 atom stereocenters. The second-order valence-corrected chi connectivity index (χ2v) is 5.46. The number of benzene rings is 2. The van der Waals surface area contributed by atoms with Gasteiger partial charge in [-0.3, -0.25) is 5.32 Å². The van der Waals surface area contributed by atoms with Gasteiger partial charge < -0.3 is 4.74 Å². The van der Waals surface area contributed by atoms with E-state index in [4.69, 9.17) is 16.3 Å². The van der Waals surface area contributed by atoms with Crippen molar-refractivity contribution in [3.05, 3.63) is 65.2 Å². The lowest BCUT2D eigenvalue weighted by molar-refractivity contribution is 0.122. The van der Waals surface area contributed by atoms with Crippen LogP contribution in [0.25, 0.3) is 0 Å². The minimum atomic E-state index is 0.00820. The van der Waals surface area contributed by atoms with Crippen molar-refractivity contribution in [3.8, 4) is 5.75 Å². The molecule has 0 spiro atoms. The zero-order valence-corrected chi connectivity index (χ0v) is 11.9. The molecule has 1 radical (unpaired) electrons. The Morgan fingerprint density at radius 2 is 2.10 bits per heavy atom. The molecule has 2 unspecified atom stereocenters. The van der Waals surface area contributed by atoms with Gasteiger partial charge >= 0.3 is 0 Å².